The molecular weight excluding hydrogens is 523 g/mol. The van der Waals surface area contributed by atoms with Crippen LogP contribution < -0.4 is 10.6 Å². The second-order valence-corrected chi connectivity index (χ2v) is 8.74. The first-order valence-corrected chi connectivity index (χ1v) is 11.4. The maximum absolute atomic E-state index is 12.8. The summed E-state index contributed by atoms with van der Waals surface area (Å²) in [4.78, 5) is 20.7. The number of aryl methyl sites for hydroxylation is 1. The molecule has 1 saturated heterocycles. The highest BCUT2D eigenvalue weighted by Crippen LogP contribution is 2.16. The Morgan fingerprint density at radius 3 is 2.42 bits per heavy atom. The zero-order valence-electron chi connectivity index (χ0n) is 18.7. The van der Waals surface area contributed by atoms with Crippen LogP contribution in [0, 0.1) is 6.92 Å². The van der Waals surface area contributed by atoms with E-state index >= 15 is 0 Å². The molecule has 1 aliphatic rings. The Labute approximate surface area is 206 Å². The van der Waals surface area contributed by atoms with Gasteiger partial charge in [0.1, 0.15) is 0 Å². The summed E-state index contributed by atoms with van der Waals surface area (Å²) in [5.41, 5.74) is 3.08. The van der Waals surface area contributed by atoms with E-state index in [1.807, 2.05) is 43.0 Å². The second-order valence-electron chi connectivity index (χ2n) is 7.74. The van der Waals surface area contributed by atoms with Crippen molar-refractivity contribution in [3.8, 4) is 0 Å². The van der Waals surface area contributed by atoms with Crippen molar-refractivity contribution in [1.29, 1.82) is 0 Å². The molecule has 6 nitrogen and oxygen atoms in total. The van der Waals surface area contributed by atoms with E-state index in [2.05, 4.69) is 40.9 Å². The number of nitrogens with zero attached hydrogens (tertiary/aromatic N) is 2. The smallest absolute Gasteiger partial charge is 0.254 e. The summed E-state index contributed by atoms with van der Waals surface area (Å²) in [7, 11) is 0. The van der Waals surface area contributed by atoms with Crippen molar-refractivity contribution < 1.29 is 9.53 Å². The summed E-state index contributed by atoms with van der Waals surface area (Å²) < 4.78 is 5.73. The largest absolute Gasteiger partial charge is 0.372 e. The van der Waals surface area contributed by atoms with Crippen LogP contribution in [0.2, 0.25) is 0 Å². The quantitative estimate of drug-likeness (QED) is 0.319. The lowest BCUT2D eigenvalue weighted by Crippen LogP contribution is -2.48. The first-order valence-electron chi connectivity index (χ1n) is 10.5. The number of ether oxygens (including phenoxy) is 1. The van der Waals surface area contributed by atoms with Crippen molar-refractivity contribution >= 4 is 47.2 Å². The lowest BCUT2D eigenvalue weighted by Gasteiger charge is -2.35. The van der Waals surface area contributed by atoms with Crippen molar-refractivity contribution in [2.75, 3.05) is 19.6 Å². The minimum absolute atomic E-state index is 0. The van der Waals surface area contributed by atoms with E-state index in [-0.39, 0.29) is 42.1 Å². The molecule has 2 unspecified atom stereocenters. The molecule has 2 atom stereocenters. The van der Waals surface area contributed by atoms with Crippen LogP contribution in [0.15, 0.2) is 40.7 Å². The number of aliphatic imine (C=N–C) groups is 1. The van der Waals surface area contributed by atoms with Crippen LogP contribution in [-0.4, -0.2) is 48.6 Å². The molecule has 0 saturated carbocycles. The summed E-state index contributed by atoms with van der Waals surface area (Å²) in [5.74, 6) is 0.857. The molecule has 8 heteroatoms. The van der Waals surface area contributed by atoms with Crippen molar-refractivity contribution in [1.82, 2.24) is 15.5 Å². The van der Waals surface area contributed by atoms with Gasteiger partial charge in [-0.3, -0.25) is 4.79 Å². The average Bonchev–Trinajstić information content (AvgIpc) is 3.14. The number of hydrogen-bond acceptors (Lipinski definition) is 4. The Kier molecular flexibility index (Phi) is 10.2. The highest BCUT2D eigenvalue weighted by atomic mass is 127. The van der Waals surface area contributed by atoms with E-state index in [0.717, 1.165) is 24.6 Å². The number of nitrogens with one attached hydrogen (secondary N) is 2. The summed E-state index contributed by atoms with van der Waals surface area (Å²) in [6.07, 6.45) is 0.141. The maximum Gasteiger partial charge on any atom is 0.254 e. The number of carbonyl (C=O) groups is 1. The Morgan fingerprint density at radius 2 is 1.84 bits per heavy atom. The van der Waals surface area contributed by atoms with Gasteiger partial charge >= 0.3 is 0 Å². The van der Waals surface area contributed by atoms with Crippen molar-refractivity contribution in [2.24, 2.45) is 4.99 Å². The number of hydrogen-bond donors (Lipinski definition) is 2. The number of guanidine groups is 1. The molecule has 0 radical (unpaired) electrons. The Hall–Kier alpha value is -1.65. The van der Waals surface area contributed by atoms with Crippen LogP contribution in [0.25, 0.3) is 0 Å². The maximum atomic E-state index is 12.8. The van der Waals surface area contributed by atoms with Gasteiger partial charge in [0.05, 0.1) is 25.3 Å². The fourth-order valence-corrected chi connectivity index (χ4v) is 4.39. The number of thiophene rings is 1. The topological polar surface area (TPSA) is 66.0 Å². The number of morpholine rings is 1. The minimum Gasteiger partial charge on any atom is -0.372 e. The zero-order valence-corrected chi connectivity index (χ0v) is 21.8. The molecule has 0 aliphatic carbocycles. The summed E-state index contributed by atoms with van der Waals surface area (Å²) in [6, 6.07) is 9.89. The first-order chi connectivity index (χ1) is 14.5. The van der Waals surface area contributed by atoms with Gasteiger partial charge in [-0.15, -0.1) is 35.3 Å². The van der Waals surface area contributed by atoms with Crippen LogP contribution in [0.3, 0.4) is 0 Å². The van der Waals surface area contributed by atoms with Gasteiger partial charge in [-0.1, -0.05) is 12.1 Å². The third-order valence-electron chi connectivity index (χ3n) is 5.06. The van der Waals surface area contributed by atoms with Gasteiger partial charge in [-0.05, 0) is 62.4 Å². The predicted octanol–water partition coefficient (Wildman–Crippen LogP) is 4.18. The standard InChI is InChI=1S/C23H32N4O2S.HI/c1-5-24-23(26-13-21-16(2)10-11-30-21)25-12-19-6-8-20(9-7-19)22(28)27-14-17(3)29-18(4)15-27;/h6-11,17-18H,5,12-15H2,1-4H3,(H2,24,25,26);1H. The molecule has 0 bridgehead atoms. The molecule has 3 rings (SSSR count). The fraction of sp³-hybridized carbons (Fsp3) is 0.478. The highest BCUT2D eigenvalue weighted by Gasteiger charge is 2.26. The van der Waals surface area contributed by atoms with Crippen LogP contribution >= 0.6 is 35.3 Å². The molecule has 2 heterocycles. The van der Waals surface area contributed by atoms with Gasteiger partial charge < -0.3 is 20.3 Å². The zero-order chi connectivity index (χ0) is 21.5. The number of rotatable bonds is 6. The van der Waals surface area contributed by atoms with Gasteiger partial charge in [0.15, 0.2) is 5.96 Å². The Balaban J connectivity index is 0.00000341. The number of benzene rings is 1. The van der Waals surface area contributed by atoms with Gasteiger partial charge in [0.2, 0.25) is 0 Å². The molecule has 0 spiro atoms. The van der Waals surface area contributed by atoms with E-state index < -0.39 is 0 Å². The molecule has 31 heavy (non-hydrogen) atoms. The SMILES string of the molecule is CCNC(=NCc1ccc(C(=O)N2CC(C)OC(C)C2)cc1)NCc1sccc1C.I. The van der Waals surface area contributed by atoms with Crippen molar-refractivity contribution in [3.63, 3.8) is 0 Å². The van der Waals surface area contributed by atoms with Gasteiger partial charge in [-0.2, -0.15) is 0 Å². The van der Waals surface area contributed by atoms with Gasteiger partial charge in [0, 0.05) is 30.1 Å². The van der Waals surface area contributed by atoms with Crippen LogP contribution in [0.1, 0.15) is 47.1 Å². The average molecular weight is 557 g/mol. The molecule has 2 aromatic rings. The van der Waals surface area contributed by atoms with E-state index in [9.17, 15) is 4.79 Å². The van der Waals surface area contributed by atoms with Crippen LogP contribution in [0.4, 0.5) is 0 Å². The van der Waals surface area contributed by atoms with Gasteiger partial charge in [-0.25, -0.2) is 4.99 Å². The third kappa shape index (κ3) is 7.47. The minimum atomic E-state index is 0. The molecular formula is C23H33IN4O2S. The highest BCUT2D eigenvalue weighted by molar-refractivity contribution is 14.0. The monoisotopic (exact) mass is 556 g/mol. The lowest BCUT2D eigenvalue weighted by atomic mass is 10.1. The molecule has 1 fully saturated rings. The third-order valence-corrected chi connectivity index (χ3v) is 6.08. The fourth-order valence-electron chi connectivity index (χ4n) is 3.54. The number of halogens is 1. The van der Waals surface area contributed by atoms with E-state index in [4.69, 9.17) is 4.74 Å². The molecule has 1 aromatic carbocycles. The van der Waals surface area contributed by atoms with E-state index in [0.29, 0.717) is 25.2 Å². The molecule has 2 N–H and O–H groups in total. The summed E-state index contributed by atoms with van der Waals surface area (Å²) in [5, 5.41) is 8.79. The number of carbonyl (C=O) groups excluding carboxylic acids is 1. The van der Waals surface area contributed by atoms with E-state index in [1.165, 1.54) is 10.4 Å². The summed E-state index contributed by atoms with van der Waals surface area (Å²) >= 11 is 1.75. The molecule has 170 valence electrons. The van der Waals surface area contributed by atoms with Crippen LogP contribution in [0.5, 0.6) is 0 Å². The van der Waals surface area contributed by atoms with E-state index in [1.54, 1.807) is 11.3 Å². The van der Waals surface area contributed by atoms with Crippen LogP contribution in [-0.2, 0) is 17.8 Å². The lowest BCUT2D eigenvalue weighted by molar-refractivity contribution is -0.0586. The summed E-state index contributed by atoms with van der Waals surface area (Å²) in [6.45, 7) is 11.6. The molecule has 1 aromatic heterocycles. The number of amides is 1. The van der Waals surface area contributed by atoms with Gasteiger partial charge in [0.25, 0.3) is 5.91 Å². The molecule has 1 aliphatic heterocycles. The Bertz CT molecular complexity index is 859. The second kappa shape index (κ2) is 12.4. The first kappa shape index (κ1) is 25.6. The Morgan fingerprint density at radius 1 is 1.16 bits per heavy atom. The van der Waals surface area contributed by atoms with Crippen molar-refractivity contribution in [2.45, 2.75) is 53.0 Å². The molecule has 1 amide bonds. The van der Waals surface area contributed by atoms with Crippen molar-refractivity contribution in [3.05, 3.63) is 57.3 Å². The predicted molar refractivity (Wildman–Crippen MR) is 138 cm³/mol. The normalized spacial score (nSPS) is 19.0.